The fourth-order valence-electron chi connectivity index (χ4n) is 3.35. The summed E-state index contributed by atoms with van der Waals surface area (Å²) < 4.78 is 29.0. The molecule has 1 heterocycles. The summed E-state index contributed by atoms with van der Waals surface area (Å²) in [4.78, 5) is 37.5. The lowest BCUT2D eigenvalue weighted by Crippen LogP contribution is -2.42. The van der Waals surface area contributed by atoms with Gasteiger partial charge in [-0.2, -0.15) is 0 Å². The average Bonchev–Trinajstić information content (AvgIpc) is 3.10. The number of anilines is 1. The number of nitrogens with two attached hydrogens (primary N) is 1. The van der Waals surface area contributed by atoms with Crippen LogP contribution < -0.4 is 11.1 Å². The summed E-state index contributed by atoms with van der Waals surface area (Å²) in [6.45, 7) is -0.283. The summed E-state index contributed by atoms with van der Waals surface area (Å²) in [6, 6.07) is 13.8. The molecule has 31 heavy (non-hydrogen) atoms. The number of urea groups is 1. The molecular formula is C21H23N3O6S. The fraction of sp³-hybridized carbons (Fsp3) is 0.286. The highest BCUT2D eigenvalue weighted by Gasteiger charge is 2.35. The number of ether oxygens (including phenoxy) is 1. The Morgan fingerprint density at radius 2 is 1.74 bits per heavy atom. The Bertz CT molecular complexity index is 1050. The van der Waals surface area contributed by atoms with Crippen molar-refractivity contribution in [1.82, 2.24) is 4.90 Å². The zero-order valence-corrected chi connectivity index (χ0v) is 17.5. The van der Waals surface area contributed by atoms with Gasteiger partial charge in [0.15, 0.2) is 16.4 Å². The molecule has 0 saturated carbocycles. The lowest BCUT2D eigenvalue weighted by atomic mass is 10.1. The van der Waals surface area contributed by atoms with Gasteiger partial charge in [-0.15, -0.1) is 0 Å². The van der Waals surface area contributed by atoms with Gasteiger partial charge in [0, 0.05) is 18.3 Å². The first-order valence-corrected chi connectivity index (χ1v) is 11.4. The van der Waals surface area contributed by atoms with Gasteiger partial charge in [-0.1, -0.05) is 30.3 Å². The third kappa shape index (κ3) is 6.29. The van der Waals surface area contributed by atoms with Crippen LogP contribution in [0.5, 0.6) is 0 Å². The monoisotopic (exact) mass is 445 g/mol. The number of hydrogen-bond acceptors (Lipinski definition) is 6. The van der Waals surface area contributed by atoms with Crippen molar-refractivity contribution in [3.8, 4) is 0 Å². The largest absolute Gasteiger partial charge is 0.452 e. The number of carbonyl (C=O) groups excluding carboxylic acids is 3. The first-order chi connectivity index (χ1) is 14.7. The highest BCUT2D eigenvalue weighted by atomic mass is 32.2. The second-order valence-electron chi connectivity index (χ2n) is 7.21. The molecule has 3 amide bonds. The van der Waals surface area contributed by atoms with Crippen LogP contribution in [-0.2, 0) is 25.9 Å². The molecule has 2 aromatic carbocycles. The van der Waals surface area contributed by atoms with E-state index in [9.17, 15) is 22.8 Å². The maximum absolute atomic E-state index is 12.8. The van der Waals surface area contributed by atoms with Crippen LogP contribution in [0.2, 0.25) is 0 Å². The van der Waals surface area contributed by atoms with Gasteiger partial charge in [-0.3, -0.25) is 4.79 Å². The summed E-state index contributed by atoms with van der Waals surface area (Å²) in [5, 5.41) is 2.37. The summed E-state index contributed by atoms with van der Waals surface area (Å²) in [7, 11) is -3.19. The Hall–Kier alpha value is -3.40. The Morgan fingerprint density at radius 1 is 1.06 bits per heavy atom. The van der Waals surface area contributed by atoms with Crippen LogP contribution in [-0.4, -0.2) is 55.4 Å². The van der Waals surface area contributed by atoms with E-state index < -0.39 is 40.4 Å². The lowest BCUT2D eigenvalue weighted by Gasteiger charge is -2.28. The molecule has 0 radical (unpaired) electrons. The summed E-state index contributed by atoms with van der Waals surface area (Å²) >= 11 is 0. The third-order valence-electron chi connectivity index (χ3n) is 4.88. The van der Waals surface area contributed by atoms with Crippen LogP contribution in [0.4, 0.5) is 10.5 Å². The van der Waals surface area contributed by atoms with Gasteiger partial charge in [0.25, 0.3) is 5.91 Å². The Labute approximate surface area is 180 Å². The van der Waals surface area contributed by atoms with Crippen molar-refractivity contribution in [1.29, 1.82) is 0 Å². The summed E-state index contributed by atoms with van der Waals surface area (Å²) in [5.41, 5.74) is 6.49. The zero-order valence-electron chi connectivity index (χ0n) is 16.7. The number of esters is 1. The van der Waals surface area contributed by atoms with E-state index >= 15 is 0 Å². The van der Waals surface area contributed by atoms with E-state index in [1.165, 1.54) is 29.2 Å². The molecule has 1 saturated heterocycles. The van der Waals surface area contributed by atoms with E-state index in [1.54, 1.807) is 0 Å². The van der Waals surface area contributed by atoms with Crippen LogP contribution in [0, 0.1) is 0 Å². The van der Waals surface area contributed by atoms with Gasteiger partial charge in [0.2, 0.25) is 0 Å². The molecule has 0 aliphatic carbocycles. The first kappa shape index (κ1) is 22.3. The van der Waals surface area contributed by atoms with E-state index in [0.29, 0.717) is 12.1 Å². The highest BCUT2D eigenvalue weighted by Crippen LogP contribution is 2.20. The molecule has 3 rings (SSSR count). The van der Waals surface area contributed by atoms with Gasteiger partial charge in [0.05, 0.1) is 17.1 Å². The molecule has 1 aliphatic rings. The minimum Gasteiger partial charge on any atom is -0.452 e. The molecule has 1 fully saturated rings. The van der Waals surface area contributed by atoms with E-state index in [-0.39, 0.29) is 23.6 Å². The van der Waals surface area contributed by atoms with Crippen molar-refractivity contribution in [2.24, 2.45) is 5.73 Å². The number of nitrogens with one attached hydrogen (secondary N) is 1. The van der Waals surface area contributed by atoms with Gasteiger partial charge < -0.3 is 20.7 Å². The fourth-order valence-corrected chi connectivity index (χ4v) is 5.08. The maximum Gasteiger partial charge on any atom is 0.338 e. The molecule has 0 spiro atoms. The molecule has 0 aromatic heterocycles. The normalized spacial score (nSPS) is 17.0. The number of amides is 3. The molecule has 164 valence electrons. The standard InChI is InChI=1S/C21H23N3O6S/c22-21(27)23-17-8-6-16(7-9-17)20(26)30-13-19(25)24(12-15-4-2-1-3-5-15)18-10-11-31(28,29)14-18/h1-9,18H,10-14H2,(H3,22,23,27)/t18-/m0/s1. The predicted molar refractivity (Wildman–Crippen MR) is 114 cm³/mol. The molecule has 1 atom stereocenters. The van der Waals surface area contributed by atoms with Crippen molar-refractivity contribution in [2.45, 2.75) is 19.0 Å². The first-order valence-electron chi connectivity index (χ1n) is 9.61. The van der Waals surface area contributed by atoms with Crippen molar-refractivity contribution in [3.05, 3.63) is 65.7 Å². The van der Waals surface area contributed by atoms with E-state index in [1.807, 2.05) is 30.3 Å². The molecule has 0 unspecified atom stereocenters. The van der Waals surface area contributed by atoms with E-state index in [0.717, 1.165) is 5.56 Å². The number of carbonyl (C=O) groups is 3. The van der Waals surface area contributed by atoms with Gasteiger partial charge in [-0.05, 0) is 36.2 Å². The van der Waals surface area contributed by atoms with E-state index in [2.05, 4.69) is 5.32 Å². The number of primary amides is 1. The smallest absolute Gasteiger partial charge is 0.338 e. The third-order valence-corrected chi connectivity index (χ3v) is 6.63. The maximum atomic E-state index is 12.8. The number of rotatable bonds is 7. The van der Waals surface area contributed by atoms with Crippen molar-refractivity contribution in [3.63, 3.8) is 0 Å². The number of nitrogens with zero attached hydrogens (tertiary/aromatic N) is 1. The van der Waals surface area contributed by atoms with Crippen LogP contribution in [0.25, 0.3) is 0 Å². The molecule has 9 nitrogen and oxygen atoms in total. The zero-order chi connectivity index (χ0) is 22.4. The summed E-state index contributed by atoms with van der Waals surface area (Å²) in [6.07, 6.45) is 0.350. The molecule has 1 aliphatic heterocycles. The van der Waals surface area contributed by atoms with Crippen LogP contribution in [0.1, 0.15) is 22.3 Å². The van der Waals surface area contributed by atoms with Gasteiger partial charge in [-0.25, -0.2) is 18.0 Å². The minimum atomic E-state index is -3.19. The Kier molecular flexibility index (Phi) is 6.91. The topological polar surface area (TPSA) is 136 Å². The quantitative estimate of drug-likeness (QED) is 0.621. The van der Waals surface area contributed by atoms with Crippen molar-refractivity contribution < 1.29 is 27.5 Å². The molecular weight excluding hydrogens is 422 g/mol. The van der Waals surface area contributed by atoms with E-state index in [4.69, 9.17) is 10.5 Å². The predicted octanol–water partition coefficient (Wildman–Crippen LogP) is 1.55. The average molecular weight is 445 g/mol. The van der Waals surface area contributed by atoms with Crippen LogP contribution in [0.3, 0.4) is 0 Å². The lowest BCUT2D eigenvalue weighted by molar-refractivity contribution is -0.137. The van der Waals surface area contributed by atoms with Crippen molar-refractivity contribution >= 4 is 33.4 Å². The van der Waals surface area contributed by atoms with Crippen LogP contribution >= 0.6 is 0 Å². The van der Waals surface area contributed by atoms with Gasteiger partial charge >= 0.3 is 12.0 Å². The molecule has 10 heteroatoms. The number of hydrogen-bond donors (Lipinski definition) is 2. The Balaban J connectivity index is 1.65. The Morgan fingerprint density at radius 3 is 2.32 bits per heavy atom. The van der Waals surface area contributed by atoms with Gasteiger partial charge in [0.1, 0.15) is 0 Å². The summed E-state index contributed by atoms with van der Waals surface area (Å²) in [5.74, 6) is -1.25. The second kappa shape index (κ2) is 9.61. The SMILES string of the molecule is NC(=O)Nc1ccc(C(=O)OCC(=O)N(Cc2ccccc2)[C@H]2CCS(=O)(=O)C2)cc1. The number of benzene rings is 2. The molecule has 3 N–H and O–H groups in total. The van der Waals surface area contributed by atoms with Crippen LogP contribution in [0.15, 0.2) is 54.6 Å². The molecule has 2 aromatic rings. The van der Waals surface area contributed by atoms with Crippen molar-refractivity contribution in [2.75, 3.05) is 23.4 Å². The number of sulfone groups is 1. The molecule has 0 bridgehead atoms. The second-order valence-corrected chi connectivity index (χ2v) is 9.44. The minimum absolute atomic E-state index is 0.0295. The highest BCUT2D eigenvalue weighted by molar-refractivity contribution is 7.91.